The lowest BCUT2D eigenvalue weighted by Gasteiger charge is -2.38. The summed E-state index contributed by atoms with van der Waals surface area (Å²) >= 11 is 0. The van der Waals surface area contributed by atoms with Crippen molar-refractivity contribution in [2.75, 3.05) is 13.2 Å². The summed E-state index contributed by atoms with van der Waals surface area (Å²) in [5, 5.41) is 9.55. The van der Waals surface area contributed by atoms with Gasteiger partial charge in [0.05, 0.1) is 17.5 Å². The Hall–Kier alpha value is -0.910. The Kier molecular flexibility index (Phi) is 4.52. The number of piperidine rings is 1. The van der Waals surface area contributed by atoms with Crippen molar-refractivity contribution < 1.29 is 13.5 Å². The average Bonchev–Trinajstić information content (AvgIpc) is 2.37. The van der Waals surface area contributed by atoms with Crippen molar-refractivity contribution in [1.82, 2.24) is 4.31 Å². The molecular formula is C15H23NO3S. The maximum atomic E-state index is 12.8. The topological polar surface area (TPSA) is 57.6 Å². The number of rotatable bonds is 3. The largest absolute Gasteiger partial charge is 0.395 e. The van der Waals surface area contributed by atoms with Crippen molar-refractivity contribution in [2.45, 2.75) is 44.6 Å². The Morgan fingerprint density at radius 3 is 2.65 bits per heavy atom. The molecule has 1 heterocycles. The first kappa shape index (κ1) is 15.5. The van der Waals surface area contributed by atoms with Crippen LogP contribution in [0.5, 0.6) is 0 Å². The number of aliphatic hydroxyl groups excluding tert-OH is 1. The second kappa shape index (κ2) is 5.84. The van der Waals surface area contributed by atoms with E-state index >= 15 is 0 Å². The molecule has 0 spiro atoms. The van der Waals surface area contributed by atoms with Crippen LogP contribution in [0.25, 0.3) is 0 Å². The summed E-state index contributed by atoms with van der Waals surface area (Å²) in [4.78, 5) is 0.357. The predicted octanol–water partition coefficient (Wildman–Crippen LogP) is 2.08. The van der Waals surface area contributed by atoms with Gasteiger partial charge in [-0.25, -0.2) is 8.42 Å². The standard InChI is InChI=1S/C15H23NO3S/c1-11-6-7-15(13(3)9-11)20(18,19)16-8-4-5-12(2)14(16)10-17/h6-7,9,12,14,17H,4-5,8,10H2,1-3H3. The summed E-state index contributed by atoms with van der Waals surface area (Å²) in [6.45, 7) is 6.14. The van der Waals surface area contributed by atoms with E-state index in [4.69, 9.17) is 0 Å². The van der Waals surface area contributed by atoms with E-state index in [0.717, 1.165) is 24.0 Å². The minimum absolute atomic E-state index is 0.120. The smallest absolute Gasteiger partial charge is 0.243 e. The molecule has 2 unspecified atom stereocenters. The van der Waals surface area contributed by atoms with Gasteiger partial charge in [0.25, 0.3) is 0 Å². The Labute approximate surface area is 121 Å². The molecule has 0 amide bonds. The lowest BCUT2D eigenvalue weighted by molar-refractivity contribution is 0.113. The SMILES string of the molecule is Cc1ccc(S(=O)(=O)N2CCCC(C)C2CO)c(C)c1. The Balaban J connectivity index is 2.43. The maximum absolute atomic E-state index is 12.8. The number of benzene rings is 1. The van der Waals surface area contributed by atoms with Crippen LogP contribution in [-0.4, -0.2) is 37.0 Å². The van der Waals surface area contributed by atoms with Crippen LogP contribution in [0, 0.1) is 19.8 Å². The zero-order valence-electron chi connectivity index (χ0n) is 12.3. The molecule has 0 aliphatic carbocycles. The molecule has 1 aliphatic heterocycles. The Bertz CT molecular complexity index is 583. The summed E-state index contributed by atoms with van der Waals surface area (Å²) in [6.07, 6.45) is 1.81. The van der Waals surface area contributed by atoms with Crippen molar-refractivity contribution in [2.24, 2.45) is 5.92 Å². The highest BCUT2D eigenvalue weighted by molar-refractivity contribution is 7.89. The second-order valence-electron chi connectivity index (χ2n) is 5.75. The van der Waals surface area contributed by atoms with Crippen molar-refractivity contribution in [3.63, 3.8) is 0 Å². The first-order valence-corrected chi connectivity index (χ1v) is 8.52. The van der Waals surface area contributed by atoms with Gasteiger partial charge in [0.15, 0.2) is 0 Å². The van der Waals surface area contributed by atoms with Crippen LogP contribution < -0.4 is 0 Å². The third-order valence-corrected chi connectivity index (χ3v) is 6.25. The minimum atomic E-state index is -3.53. The van der Waals surface area contributed by atoms with E-state index in [9.17, 15) is 13.5 Å². The average molecular weight is 297 g/mol. The van der Waals surface area contributed by atoms with Gasteiger partial charge in [-0.05, 0) is 44.2 Å². The van der Waals surface area contributed by atoms with Crippen molar-refractivity contribution in [1.29, 1.82) is 0 Å². The highest BCUT2D eigenvalue weighted by Gasteiger charge is 2.37. The number of sulfonamides is 1. The lowest BCUT2D eigenvalue weighted by atomic mass is 9.93. The molecule has 0 radical (unpaired) electrons. The van der Waals surface area contributed by atoms with Crippen molar-refractivity contribution >= 4 is 10.0 Å². The quantitative estimate of drug-likeness (QED) is 0.929. The molecule has 0 aromatic heterocycles. The van der Waals surface area contributed by atoms with E-state index in [2.05, 4.69) is 0 Å². The van der Waals surface area contributed by atoms with Gasteiger partial charge in [0, 0.05) is 6.54 Å². The summed E-state index contributed by atoms with van der Waals surface area (Å²) in [5.74, 6) is 0.189. The first-order chi connectivity index (χ1) is 9.37. The fraction of sp³-hybridized carbons (Fsp3) is 0.600. The van der Waals surface area contributed by atoms with Crippen molar-refractivity contribution in [3.05, 3.63) is 29.3 Å². The van der Waals surface area contributed by atoms with E-state index < -0.39 is 10.0 Å². The molecule has 20 heavy (non-hydrogen) atoms. The minimum Gasteiger partial charge on any atom is -0.395 e. The number of hydrogen-bond acceptors (Lipinski definition) is 3. The normalized spacial score (nSPS) is 24.8. The first-order valence-electron chi connectivity index (χ1n) is 7.08. The van der Waals surface area contributed by atoms with E-state index in [1.807, 2.05) is 32.9 Å². The molecule has 0 bridgehead atoms. The van der Waals surface area contributed by atoms with Crippen LogP contribution in [0.3, 0.4) is 0 Å². The maximum Gasteiger partial charge on any atom is 0.243 e. The fourth-order valence-corrected chi connectivity index (χ4v) is 4.95. The van der Waals surface area contributed by atoms with Crippen LogP contribution in [0.4, 0.5) is 0 Å². The summed E-state index contributed by atoms with van der Waals surface area (Å²) < 4.78 is 27.2. The number of nitrogens with zero attached hydrogens (tertiary/aromatic N) is 1. The molecule has 1 aromatic rings. The predicted molar refractivity (Wildman–Crippen MR) is 79.1 cm³/mol. The molecule has 1 aromatic carbocycles. The van der Waals surface area contributed by atoms with Gasteiger partial charge in [0.2, 0.25) is 10.0 Å². The Morgan fingerprint density at radius 2 is 2.05 bits per heavy atom. The van der Waals surface area contributed by atoms with Crippen molar-refractivity contribution in [3.8, 4) is 0 Å². The molecule has 4 nitrogen and oxygen atoms in total. The summed E-state index contributed by atoms with van der Waals surface area (Å²) in [6, 6.07) is 5.07. The van der Waals surface area contributed by atoms with E-state index in [1.54, 1.807) is 6.07 Å². The van der Waals surface area contributed by atoms with Crippen LogP contribution >= 0.6 is 0 Å². The number of aliphatic hydroxyl groups is 1. The van der Waals surface area contributed by atoms with Gasteiger partial charge in [0.1, 0.15) is 0 Å². The van der Waals surface area contributed by atoms with Gasteiger partial charge in [-0.15, -0.1) is 0 Å². The number of aryl methyl sites for hydroxylation is 2. The molecule has 1 aliphatic rings. The molecule has 1 saturated heterocycles. The van der Waals surface area contributed by atoms with E-state index in [0.29, 0.717) is 11.4 Å². The van der Waals surface area contributed by atoms with Gasteiger partial charge >= 0.3 is 0 Å². The molecule has 112 valence electrons. The number of hydrogen-bond donors (Lipinski definition) is 1. The molecule has 0 saturated carbocycles. The monoisotopic (exact) mass is 297 g/mol. The van der Waals surface area contributed by atoms with Crippen LogP contribution in [0.15, 0.2) is 23.1 Å². The highest BCUT2D eigenvalue weighted by atomic mass is 32.2. The van der Waals surface area contributed by atoms with Gasteiger partial charge in [-0.1, -0.05) is 24.6 Å². The molecule has 2 rings (SSSR count). The highest BCUT2D eigenvalue weighted by Crippen LogP contribution is 2.30. The molecule has 5 heteroatoms. The zero-order chi connectivity index (χ0) is 14.9. The van der Waals surface area contributed by atoms with Gasteiger partial charge < -0.3 is 5.11 Å². The lowest BCUT2D eigenvalue weighted by Crippen LogP contribution is -2.49. The third-order valence-electron chi connectivity index (χ3n) is 4.17. The molecule has 1 fully saturated rings. The fourth-order valence-electron chi connectivity index (χ4n) is 3.00. The van der Waals surface area contributed by atoms with Crippen LogP contribution in [0.1, 0.15) is 30.9 Å². The van der Waals surface area contributed by atoms with Crippen LogP contribution in [-0.2, 0) is 10.0 Å². The van der Waals surface area contributed by atoms with Crippen LogP contribution in [0.2, 0.25) is 0 Å². The van der Waals surface area contributed by atoms with Gasteiger partial charge in [-0.3, -0.25) is 0 Å². The Morgan fingerprint density at radius 1 is 1.35 bits per heavy atom. The van der Waals surface area contributed by atoms with E-state index in [-0.39, 0.29) is 18.6 Å². The summed E-state index contributed by atoms with van der Waals surface area (Å²) in [7, 11) is -3.53. The molecule has 2 atom stereocenters. The third kappa shape index (κ3) is 2.75. The molecular weight excluding hydrogens is 274 g/mol. The van der Waals surface area contributed by atoms with Gasteiger partial charge in [-0.2, -0.15) is 4.31 Å². The zero-order valence-corrected chi connectivity index (χ0v) is 13.2. The summed E-state index contributed by atoms with van der Waals surface area (Å²) in [5.41, 5.74) is 1.81. The molecule has 1 N–H and O–H groups in total. The van der Waals surface area contributed by atoms with E-state index in [1.165, 1.54) is 4.31 Å². The second-order valence-corrected chi connectivity index (χ2v) is 7.61.